The summed E-state index contributed by atoms with van der Waals surface area (Å²) in [6.45, 7) is 2.08. The fourth-order valence-corrected chi connectivity index (χ4v) is 3.46. The van der Waals surface area contributed by atoms with Gasteiger partial charge in [-0.3, -0.25) is 0 Å². The fourth-order valence-electron chi connectivity index (χ4n) is 2.88. The summed E-state index contributed by atoms with van der Waals surface area (Å²) in [7, 11) is 0. The highest BCUT2D eigenvalue weighted by molar-refractivity contribution is 7.80. The van der Waals surface area contributed by atoms with Gasteiger partial charge in [-0.1, -0.05) is 29.3 Å². The molecule has 2 aromatic carbocycles. The van der Waals surface area contributed by atoms with Crippen molar-refractivity contribution in [3.05, 3.63) is 57.1 Å². The van der Waals surface area contributed by atoms with E-state index < -0.39 is 0 Å². The van der Waals surface area contributed by atoms with E-state index in [4.69, 9.17) is 35.4 Å². The van der Waals surface area contributed by atoms with Gasteiger partial charge in [0, 0.05) is 19.6 Å². The SMILES string of the molecule is Oc1cc2c(cc1O)CN(C(=S)NCCc1ccc(Cl)c(Cl)c1)CC2. The number of phenolic OH excluding ortho intramolecular Hbond substituents is 2. The first-order valence-electron chi connectivity index (χ1n) is 7.94. The minimum absolute atomic E-state index is 0.0745. The first-order chi connectivity index (χ1) is 11.9. The molecule has 0 saturated heterocycles. The summed E-state index contributed by atoms with van der Waals surface area (Å²) in [4.78, 5) is 2.06. The van der Waals surface area contributed by atoms with Gasteiger partial charge >= 0.3 is 0 Å². The van der Waals surface area contributed by atoms with Crippen molar-refractivity contribution in [3.63, 3.8) is 0 Å². The Hall–Kier alpha value is -1.69. The van der Waals surface area contributed by atoms with Gasteiger partial charge in [0.25, 0.3) is 0 Å². The predicted molar refractivity (Wildman–Crippen MR) is 105 cm³/mol. The molecule has 1 aliphatic rings. The number of halogens is 2. The van der Waals surface area contributed by atoms with Crippen LogP contribution in [-0.4, -0.2) is 33.3 Å². The highest BCUT2D eigenvalue weighted by Gasteiger charge is 2.20. The normalized spacial score (nSPS) is 13.4. The quantitative estimate of drug-likeness (QED) is 0.542. The van der Waals surface area contributed by atoms with Crippen molar-refractivity contribution < 1.29 is 10.2 Å². The molecule has 3 rings (SSSR count). The molecule has 3 N–H and O–H groups in total. The number of benzene rings is 2. The first-order valence-corrected chi connectivity index (χ1v) is 9.11. The van der Waals surface area contributed by atoms with Crippen LogP contribution in [0.3, 0.4) is 0 Å². The van der Waals surface area contributed by atoms with Gasteiger partial charge < -0.3 is 20.4 Å². The summed E-state index contributed by atoms with van der Waals surface area (Å²) in [6, 6.07) is 8.84. The summed E-state index contributed by atoms with van der Waals surface area (Å²) < 4.78 is 0. The molecule has 4 nitrogen and oxygen atoms in total. The standard InChI is InChI=1S/C18H18Cl2N2O2S/c19-14-2-1-11(7-15(14)20)3-5-21-18(25)22-6-4-12-8-16(23)17(24)9-13(12)10-22/h1-2,7-9,23-24H,3-6,10H2,(H,21,25). The maximum atomic E-state index is 9.67. The van der Waals surface area contributed by atoms with Crippen LogP contribution in [0.2, 0.25) is 10.0 Å². The molecule has 1 heterocycles. The monoisotopic (exact) mass is 396 g/mol. The van der Waals surface area contributed by atoms with E-state index in [1.54, 1.807) is 18.2 Å². The first kappa shape index (κ1) is 18.1. The molecule has 0 atom stereocenters. The third-order valence-corrected chi connectivity index (χ3v) is 5.41. The van der Waals surface area contributed by atoms with Crippen molar-refractivity contribution >= 4 is 40.5 Å². The van der Waals surface area contributed by atoms with Gasteiger partial charge in [-0.25, -0.2) is 0 Å². The minimum Gasteiger partial charge on any atom is -0.504 e. The molecule has 0 aliphatic carbocycles. The topological polar surface area (TPSA) is 55.7 Å². The Morgan fingerprint density at radius 2 is 1.80 bits per heavy atom. The van der Waals surface area contributed by atoms with Gasteiger partial charge in [-0.2, -0.15) is 0 Å². The van der Waals surface area contributed by atoms with Crippen LogP contribution in [0.25, 0.3) is 0 Å². The van der Waals surface area contributed by atoms with Crippen molar-refractivity contribution in [2.45, 2.75) is 19.4 Å². The zero-order chi connectivity index (χ0) is 18.0. The molecule has 2 aromatic rings. The minimum atomic E-state index is -0.0981. The van der Waals surface area contributed by atoms with Crippen molar-refractivity contribution in [2.24, 2.45) is 0 Å². The third kappa shape index (κ3) is 4.29. The fraction of sp³-hybridized carbons (Fsp3) is 0.278. The Balaban J connectivity index is 1.55. The number of nitrogens with zero attached hydrogens (tertiary/aromatic N) is 1. The van der Waals surface area contributed by atoms with Gasteiger partial charge in [0.05, 0.1) is 10.0 Å². The van der Waals surface area contributed by atoms with E-state index >= 15 is 0 Å². The smallest absolute Gasteiger partial charge is 0.169 e. The number of aromatic hydroxyl groups is 2. The third-order valence-electron chi connectivity index (χ3n) is 4.27. The van der Waals surface area contributed by atoms with Gasteiger partial charge in [-0.15, -0.1) is 0 Å². The van der Waals surface area contributed by atoms with Crippen molar-refractivity contribution in [1.82, 2.24) is 10.2 Å². The van der Waals surface area contributed by atoms with E-state index in [0.29, 0.717) is 28.2 Å². The number of hydrogen-bond acceptors (Lipinski definition) is 3. The molecule has 0 amide bonds. The summed E-state index contributed by atoms with van der Waals surface area (Å²) in [5.41, 5.74) is 3.12. The molecule has 0 fully saturated rings. The molecule has 7 heteroatoms. The second-order valence-corrected chi connectivity index (χ2v) is 7.21. The van der Waals surface area contributed by atoms with Crippen LogP contribution >= 0.6 is 35.4 Å². The maximum absolute atomic E-state index is 9.67. The highest BCUT2D eigenvalue weighted by Crippen LogP contribution is 2.31. The van der Waals surface area contributed by atoms with Crippen LogP contribution in [0.4, 0.5) is 0 Å². The number of rotatable bonds is 3. The Labute approximate surface area is 162 Å². The van der Waals surface area contributed by atoms with Gasteiger partial charge in [-0.05, 0) is 66.0 Å². The van der Waals surface area contributed by atoms with Gasteiger partial charge in [0.1, 0.15) is 0 Å². The molecule has 0 radical (unpaired) electrons. The Morgan fingerprint density at radius 1 is 1.08 bits per heavy atom. The van der Waals surface area contributed by atoms with Crippen molar-refractivity contribution in [1.29, 1.82) is 0 Å². The van der Waals surface area contributed by atoms with Crippen LogP contribution in [-0.2, 0) is 19.4 Å². The predicted octanol–water partition coefficient (Wildman–Crippen LogP) is 3.88. The van der Waals surface area contributed by atoms with E-state index in [-0.39, 0.29) is 11.5 Å². The molecule has 1 aliphatic heterocycles. The molecule has 25 heavy (non-hydrogen) atoms. The summed E-state index contributed by atoms with van der Waals surface area (Å²) in [5, 5.41) is 24.3. The molecular formula is C18H18Cl2N2O2S. The van der Waals surface area contributed by atoms with Gasteiger partial charge in [0.15, 0.2) is 16.6 Å². The zero-order valence-electron chi connectivity index (χ0n) is 13.4. The van der Waals surface area contributed by atoms with Crippen molar-refractivity contribution in [2.75, 3.05) is 13.1 Å². The summed E-state index contributed by atoms with van der Waals surface area (Å²) >= 11 is 17.4. The Bertz CT molecular complexity index is 814. The number of nitrogens with one attached hydrogen (secondary N) is 1. The second-order valence-electron chi connectivity index (χ2n) is 6.01. The maximum Gasteiger partial charge on any atom is 0.169 e. The van der Waals surface area contributed by atoms with Crippen LogP contribution in [0.15, 0.2) is 30.3 Å². The lowest BCUT2D eigenvalue weighted by Gasteiger charge is -2.31. The number of thiocarbonyl (C=S) groups is 1. The number of phenols is 2. The molecule has 0 bridgehead atoms. The highest BCUT2D eigenvalue weighted by atomic mass is 35.5. The average molecular weight is 397 g/mol. The average Bonchev–Trinajstić information content (AvgIpc) is 2.58. The van der Waals surface area contributed by atoms with E-state index in [1.165, 1.54) is 0 Å². The lowest BCUT2D eigenvalue weighted by molar-refractivity contribution is 0.375. The lowest BCUT2D eigenvalue weighted by Crippen LogP contribution is -2.43. The van der Waals surface area contributed by atoms with E-state index in [2.05, 4.69) is 10.2 Å². The van der Waals surface area contributed by atoms with E-state index in [9.17, 15) is 10.2 Å². The zero-order valence-corrected chi connectivity index (χ0v) is 15.8. The molecule has 0 spiro atoms. The molecule has 0 saturated carbocycles. The van der Waals surface area contributed by atoms with Crippen LogP contribution in [0.5, 0.6) is 11.5 Å². The Morgan fingerprint density at radius 3 is 2.52 bits per heavy atom. The largest absolute Gasteiger partial charge is 0.504 e. The molecule has 0 unspecified atom stereocenters. The van der Waals surface area contributed by atoms with E-state index in [0.717, 1.165) is 36.1 Å². The number of fused-ring (bicyclic) bond motifs is 1. The molecular weight excluding hydrogens is 379 g/mol. The van der Waals surface area contributed by atoms with Crippen LogP contribution < -0.4 is 5.32 Å². The lowest BCUT2D eigenvalue weighted by atomic mass is 9.99. The Kier molecular flexibility index (Phi) is 5.57. The summed E-state index contributed by atoms with van der Waals surface area (Å²) in [5.74, 6) is -0.173. The van der Waals surface area contributed by atoms with Crippen LogP contribution in [0, 0.1) is 0 Å². The van der Waals surface area contributed by atoms with Gasteiger partial charge in [0.2, 0.25) is 0 Å². The molecule has 132 valence electrons. The van der Waals surface area contributed by atoms with Crippen molar-refractivity contribution in [3.8, 4) is 11.5 Å². The number of hydrogen-bond donors (Lipinski definition) is 3. The van der Waals surface area contributed by atoms with E-state index in [1.807, 2.05) is 12.1 Å². The van der Waals surface area contributed by atoms with Crippen LogP contribution in [0.1, 0.15) is 16.7 Å². The summed E-state index contributed by atoms with van der Waals surface area (Å²) in [6.07, 6.45) is 1.56. The second kappa shape index (κ2) is 7.68. The molecule has 0 aromatic heterocycles.